The first kappa shape index (κ1) is 13.9. The summed E-state index contributed by atoms with van der Waals surface area (Å²) in [5, 5.41) is 18.6. The van der Waals surface area contributed by atoms with Crippen molar-refractivity contribution in [3.63, 3.8) is 0 Å². The van der Waals surface area contributed by atoms with Crippen molar-refractivity contribution in [3.8, 4) is 0 Å². The third-order valence-electron chi connectivity index (χ3n) is 2.39. The lowest BCUT2D eigenvalue weighted by Gasteiger charge is -2.13. The zero-order valence-corrected chi connectivity index (χ0v) is 9.41. The fourth-order valence-corrected chi connectivity index (χ4v) is 1.43. The first-order valence-electron chi connectivity index (χ1n) is 5.59. The number of hydrogen-bond donors (Lipinski definition) is 2. The van der Waals surface area contributed by atoms with Crippen molar-refractivity contribution >= 4 is 0 Å². The van der Waals surface area contributed by atoms with Gasteiger partial charge in [-0.1, -0.05) is 39.0 Å². The Bertz CT molecular complexity index is 117. The number of ether oxygens (including phenoxy) is 1. The summed E-state index contributed by atoms with van der Waals surface area (Å²) in [5.41, 5.74) is 0. The van der Waals surface area contributed by atoms with E-state index in [-0.39, 0.29) is 0 Å². The molecule has 3 heteroatoms. The van der Waals surface area contributed by atoms with Crippen LogP contribution in [0.1, 0.15) is 51.9 Å². The third kappa shape index (κ3) is 8.48. The van der Waals surface area contributed by atoms with E-state index in [0.29, 0.717) is 6.42 Å². The molecular weight excluding hydrogens is 180 g/mol. The van der Waals surface area contributed by atoms with Gasteiger partial charge >= 0.3 is 0 Å². The second-order valence-corrected chi connectivity index (χ2v) is 3.78. The van der Waals surface area contributed by atoms with Crippen LogP contribution in [0.2, 0.25) is 0 Å². The van der Waals surface area contributed by atoms with Crippen molar-refractivity contribution in [1.29, 1.82) is 0 Å². The maximum Gasteiger partial charge on any atom is 0.156 e. The summed E-state index contributed by atoms with van der Waals surface area (Å²) in [7, 11) is 1.44. The van der Waals surface area contributed by atoms with Crippen molar-refractivity contribution in [2.24, 2.45) is 0 Å². The van der Waals surface area contributed by atoms with Gasteiger partial charge in [-0.2, -0.15) is 0 Å². The predicted octanol–water partition coefficient (Wildman–Crippen LogP) is 2.06. The van der Waals surface area contributed by atoms with E-state index in [1.165, 1.54) is 32.8 Å². The van der Waals surface area contributed by atoms with Gasteiger partial charge in [-0.25, -0.2) is 0 Å². The van der Waals surface area contributed by atoms with E-state index in [1.54, 1.807) is 0 Å². The van der Waals surface area contributed by atoms with E-state index in [4.69, 9.17) is 5.11 Å². The van der Waals surface area contributed by atoms with Gasteiger partial charge in [-0.15, -0.1) is 0 Å². The minimum atomic E-state index is -0.819. The molecule has 0 aliphatic carbocycles. The molecular formula is C11H24O3. The Morgan fingerprint density at radius 2 is 1.71 bits per heavy atom. The number of unbranched alkanes of at least 4 members (excludes halogenated alkanes) is 4. The minimum Gasteiger partial charge on any atom is -0.393 e. The zero-order valence-electron chi connectivity index (χ0n) is 9.41. The highest BCUT2D eigenvalue weighted by Crippen LogP contribution is 2.10. The molecule has 0 heterocycles. The van der Waals surface area contributed by atoms with Gasteiger partial charge in [0.05, 0.1) is 6.10 Å². The van der Waals surface area contributed by atoms with Crippen LogP contribution in [0.25, 0.3) is 0 Å². The molecule has 14 heavy (non-hydrogen) atoms. The molecule has 2 N–H and O–H groups in total. The zero-order chi connectivity index (χ0) is 10.8. The molecule has 0 radical (unpaired) electrons. The topological polar surface area (TPSA) is 49.7 Å². The van der Waals surface area contributed by atoms with Crippen LogP contribution in [0.3, 0.4) is 0 Å². The summed E-state index contributed by atoms with van der Waals surface area (Å²) in [6.45, 7) is 2.18. The highest BCUT2D eigenvalue weighted by molar-refractivity contribution is 4.57. The number of aliphatic hydroxyl groups is 2. The summed E-state index contributed by atoms with van der Waals surface area (Å²) >= 11 is 0. The van der Waals surface area contributed by atoms with Gasteiger partial charge < -0.3 is 14.9 Å². The van der Waals surface area contributed by atoms with Crippen LogP contribution in [-0.2, 0) is 4.74 Å². The van der Waals surface area contributed by atoms with Gasteiger partial charge in [-0.3, -0.25) is 0 Å². The van der Waals surface area contributed by atoms with Crippen LogP contribution in [0.4, 0.5) is 0 Å². The molecule has 0 fully saturated rings. The van der Waals surface area contributed by atoms with Gasteiger partial charge in [-0.05, 0) is 6.42 Å². The second kappa shape index (κ2) is 9.44. The van der Waals surface area contributed by atoms with E-state index in [1.807, 2.05) is 0 Å². The Kier molecular flexibility index (Phi) is 9.35. The van der Waals surface area contributed by atoms with Gasteiger partial charge in [0, 0.05) is 13.5 Å². The molecule has 0 rings (SSSR count). The van der Waals surface area contributed by atoms with Gasteiger partial charge in [0.2, 0.25) is 0 Å². The fourth-order valence-electron chi connectivity index (χ4n) is 1.43. The van der Waals surface area contributed by atoms with Gasteiger partial charge in [0.25, 0.3) is 0 Å². The van der Waals surface area contributed by atoms with Gasteiger partial charge in [0.1, 0.15) is 0 Å². The van der Waals surface area contributed by atoms with Crippen molar-refractivity contribution < 1.29 is 14.9 Å². The molecule has 0 saturated heterocycles. The van der Waals surface area contributed by atoms with E-state index in [9.17, 15) is 5.11 Å². The molecule has 0 aromatic carbocycles. The standard InChI is InChI=1S/C11H24O3/c1-3-4-5-6-7-8-10(12)9-11(13)14-2/h10-13H,3-9H2,1-2H3. The SMILES string of the molecule is CCCCCCCC(O)CC(O)OC. The van der Waals surface area contributed by atoms with Crippen molar-refractivity contribution in [2.45, 2.75) is 64.3 Å². The van der Waals surface area contributed by atoms with Crippen molar-refractivity contribution in [1.82, 2.24) is 0 Å². The highest BCUT2D eigenvalue weighted by Gasteiger charge is 2.09. The lowest BCUT2D eigenvalue weighted by atomic mass is 10.1. The minimum absolute atomic E-state index is 0.324. The summed E-state index contributed by atoms with van der Waals surface area (Å²) in [6.07, 6.45) is 5.82. The molecule has 86 valence electrons. The van der Waals surface area contributed by atoms with Crippen LogP contribution in [-0.4, -0.2) is 29.7 Å². The highest BCUT2D eigenvalue weighted by atomic mass is 16.6. The van der Waals surface area contributed by atoms with Crippen LogP contribution in [0, 0.1) is 0 Å². The Morgan fingerprint density at radius 1 is 1.07 bits per heavy atom. The summed E-state index contributed by atoms with van der Waals surface area (Å²) in [4.78, 5) is 0. The monoisotopic (exact) mass is 204 g/mol. The molecule has 2 atom stereocenters. The second-order valence-electron chi connectivity index (χ2n) is 3.78. The van der Waals surface area contributed by atoms with Gasteiger partial charge in [0.15, 0.2) is 6.29 Å². The maximum absolute atomic E-state index is 9.47. The molecule has 0 saturated carbocycles. The lowest BCUT2D eigenvalue weighted by Crippen LogP contribution is -2.18. The first-order valence-corrected chi connectivity index (χ1v) is 5.59. The molecule has 3 nitrogen and oxygen atoms in total. The van der Waals surface area contributed by atoms with E-state index in [2.05, 4.69) is 11.7 Å². The van der Waals surface area contributed by atoms with E-state index < -0.39 is 12.4 Å². The smallest absolute Gasteiger partial charge is 0.156 e. The summed E-state index contributed by atoms with van der Waals surface area (Å²) < 4.78 is 4.66. The lowest BCUT2D eigenvalue weighted by molar-refractivity contribution is -0.0985. The Balaban J connectivity index is 3.22. The molecule has 0 aliphatic rings. The molecule has 0 aliphatic heterocycles. The molecule has 0 spiro atoms. The molecule has 0 aromatic rings. The average molecular weight is 204 g/mol. The molecule has 2 unspecified atom stereocenters. The normalized spacial score (nSPS) is 15.4. The summed E-state index contributed by atoms with van der Waals surface area (Å²) in [6, 6.07) is 0. The first-order chi connectivity index (χ1) is 6.70. The molecule has 0 amide bonds. The third-order valence-corrected chi connectivity index (χ3v) is 2.39. The Labute approximate surface area is 87.1 Å². The predicted molar refractivity (Wildman–Crippen MR) is 57.0 cm³/mol. The summed E-state index contributed by atoms with van der Waals surface area (Å²) in [5.74, 6) is 0. The number of methoxy groups -OCH3 is 1. The van der Waals surface area contributed by atoms with Crippen LogP contribution in [0.15, 0.2) is 0 Å². The molecule has 0 aromatic heterocycles. The van der Waals surface area contributed by atoms with Crippen molar-refractivity contribution in [3.05, 3.63) is 0 Å². The van der Waals surface area contributed by atoms with Crippen LogP contribution >= 0.6 is 0 Å². The van der Waals surface area contributed by atoms with Crippen LogP contribution in [0.5, 0.6) is 0 Å². The largest absolute Gasteiger partial charge is 0.393 e. The maximum atomic E-state index is 9.47. The fraction of sp³-hybridized carbons (Fsp3) is 1.00. The van der Waals surface area contributed by atoms with E-state index >= 15 is 0 Å². The number of hydrogen-bond acceptors (Lipinski definition) is 3. The average Bonchev–Trinajstić information content (AvgIpc) is 2.17. The Morgan fingerprint density at radius 3 is 2.29 bits per heavy atom. The van der Waals surface area contributed by atoms with Crippen LogP contribution < -0.4 is 0 Å². The Hall–Kier alpha value is -0.120. The van der Waals surface area contributed by atoms with Crippen molar-refractivity contribution in [2.75, 3.05) is 7.11 Å². The quantitative estimate of drug-likeness (QED) is 0.446. The number of aliphatic hydroxyl groups excluding tert-OH is 2. The number of rotatable bonds is 9. The van der Waals surface area contributed by atoms with E-state index in [0.717, 1.165) is 12.8 Å². The molecule has 0 bridgehead atoms.